The number of nitrogens with zero attached hydrogens (tertiary/aromatic N) is 2. The number of carboxylic acids is 1. The van der Waals surface area contributed by atoms with Gasteiger partial charge in [-0.2, -0.15) is 4.98 Å². The fourth-order valence-electron chi connectivity index (χ4n) is 1.82. The summed E-state index contributed by atoms with van der Waals surface area (Å²) < 4.78 is 4.85. The monoisotopic (exact) mass is 196 g/mol. The molecule has 14 heavy (non-hydrogen) atoms. The van der Waals surface area contributed by atoms with Crippen LogP contribution in [0.15, 0.2) is 4.52 Å². The molecule has 1 fully saturated rings. The van der Waals surface area contributed by atoms with E-state index < -0.39 is 5.97 Å². The minimum atomic E-state index is -0.938. The Balaban J connectivity index is 2.05. The predicted molar refractivity (Wildman–Crippen MR) is 46.8 cm³/mol. The summed E-state index contributed by atoms with van der Waals surface area (Å²) in [5.74, 6) is 0.325. The van der Waals surface area contributed by atoms with Gasteiger partial charge in [-0.05, 0) is 12.8 Å². The Labute approximate surface area is 81.1 Å². The van der Waals surface area contributed by atoms with Crippen LogP contribution in [-0.4, -0.2) is 21.2 Å². The van der Waals surface area contributed by atoms with Gasteiger partial charge in [0.05, 0.1) is 0 Å². The van der Waals surface area contributed by atoms with Gasteiger partial charge >= 0.3 is 5.97 Å². The van der Waals surface area contributed by atoms with Crippen molar-refractivity contribution in [2.24, 2.45) is 0 Å². The molecule has 1 aliphatic carbocycles. The van der Waals surface area contributed by atoms with E-state index in [1.165, 1.54) is 12.8 Å². The molecular formula is C9H12N2O3. The van der Waals surface area contributed by atoms with Crippen LogP contribution >= 0.6 is 0 Å². The molecule has 1 aromatic heterocycles. The molecule has 0 bridgehead atoms. The Hall–Kier alpha value is -1.39. The molecule has 76 valence electrons. The van der Waals surface area contributed by atoms with E-state index in [9.17, 15) is 4.79 Å². The number of carbonyl (C=O) groups is 1. The first-order chi connectivity index (χ1) is 6.75. The first kappa shape index (κ1) is 9.18. The van der Waals surface area contributed by atoms with Crippen molar-refractivity contribution in [2.45, 2.75) is 38.0 Å². The fraction of sp³-hybridized carbons (Fsp3) is 0.667. The molecule has 0 spiro atoms. The molecular weight excluding hydrogens is 184 g/mol. The van der Waals surface area contributed by atoms with Gasteiger partial charge in [0.25, 0.3) is 0 Å². The Kier molecular flexibility index (Phi) is 2.47. The number of aromatic nitrogens is 2. The molecule has 2 rings (SSSR count). The van der Waals surface area contributed by atoms with Crippen molar-refractivity contribution in [3.8, 4) is 0 Å². The van der Waals surface area contributed by atoms with Gasteiger partial charge < -0.3 is 9.63 Å². The highest BCUT2D eigenvalue weighted by atomic mass is 16.5. The number of carboxylic acid groups (broad SMARTS) is 1. The normalized spacial score (nSPS) is 17.4. The molecule has 0 aliphatic heterocycles. The molecule has 0 saturated heterocycles. The lowest BCUT2D eigenvalue weighted by atomic mass is 10.1. The fourth-order valence-corrected chi connectivity index (χ4v) is 1.82. The Morgan fingerprint density at radius 3 is 2.86 bits per heavy atom. The molecule has 0 unspecified atom stereocenters. The van der Waals surface area contributed by atoms with Crippen LogP contribution in [0.5, 0.6) is 0 Å². The standard InChI is InChI=1S/C9H12N2O3/c12-8(13)5-7-10-9(11-14-7)6-3-1-2-4-6/h6H,1-5H2,(H,12,13). The minimum absolute atomic E-state index is 0.181. The number of hydrogen-bond donors (Lipinski definition) is 1. The van der Waals surface area contributed by atoms with E-state index in [2.05, 4.69) is 10.1 Å². The molecule has 0 amide bonds. The second-order valence-corrected chi connectivity index (χ2v) is 3.60. The minimum Gasteiger partial charge on any atom is -0.481 e. The average Bonchev–Trinajstić information content (AvgIpc) is 2.69. The summed E-state index contributed by atoms with van der Waals surface area (Å²) in [6, 6.07) is 0. The Bertz CT molecular complexity index is 329. The highest BCUT2D eigenvalue weighted by Crippen LogP contribution is 2.32. The van der Waals surface area contributed by atoms with Crippen LogP contribution in [0.2, 0.25) is 0 Å². The van der Waals surface area contributed by atoms with Gasteiger partial charge in [-0.15, -0.1) is 0 Å². The van der Waals surface area contributed by atoms with Crippen LogP contribution in [0.3, 0.4) is 0 Å². The van der Waals surface area contributed by atoms with E-state index in [0.717, 1.165) is 12.8 Å². The quantitative estimate of drug-likeness (QED) is 0.789. The first-order valence-corrected chi connectivity index (χ1v) is 4.80. The van der Waals surface area contributed by atoms with Crippen molar-refractivity contribution in [1.82, 2.24) is 10.1 Å². The van der Waals surface area contributed by atoms with Gasteiger partial charge in [-0.1, -0.05) is 18.0 Å². The topological polar surface area (TPSA) is 76.2 Å². The van der Waals surface area contributed by atoms with Crippen LogP contribution in [0.1, 0.15) is 43.3 Å². The van der Waals surface area contributed by atoms with Gasteiger partial charge in [0.15, 0.2) is 5.82 Å². The summed E-state index contributed by atoms with van der Waals surface area (Å²) in [6.45, 7) is 0. The molecule has 0 atom stereocenters. The summed E-state index contributed by atoms with van der Waals surface area (Å²) in [4.78, 5) is 14.4. The Morgan fingerprint density at radius 1 is 1.50 bits per heavy atom. The van der Waals surface area contributed by atoms with Crippen molar-refractivity contribution in [3.63, 3.8) is 0 Å². The van der Waals surface area contributed by atoms with E-state index in [1.54, 1.807) is 0 Å². The third kappa shape index (κ3) is 1.92. The molecule has 0 radical (unpaired) electrons. The van der Waals surface area contributed by atoms with Crippen molar-refractivity contribution >= 4 is 5.97 Å². The summed E-state index contributed by atoms with van der Waals surface area (Å²) in [5, 5.41) is 12.3. The van der Waals surface area contributed by atoms with Gasteiger partial charge in [0.1, 0.15) is 6.42 Å². The first-order valence-electron chi connectivity index (χ1n) is 4.80. The van der Waals surface area contributed by atoms with Crippen LogP contribution in [-0.2, 0) is 11.2 Å². The second kappa shape index (κ2) is 3.77. The molecule has 5 heteroatoms. The summed E-state index contributed by atoms with van der Waals surface area (Å²) in [5.41, 5.74) is 0. The van der Waals surface area contributed by atoms with Gasteiger partial charge in [-0.25, -0.2) is 0 Å². The van der Waals surface area contributed by atoms with Crippen molar-refractivity contribution in [1.29, 1.82) is 0 Å². The molecule has 0 aromatic carbocycles. The lowest BCUT2D eigenvalue weighted by Gasteiger charge is -1.99. The van der Waals surface area contributed by atoms with Crippen molar-refractivity contribution < 1.29 is 14.4 Å². The van der Waals surface area contributed by atoms with Crippen LogP contribution in [0, 0.1) is 0 Å². The highest BCUT2D eigenvalue weighted by molar-refractivity contribution is 5.68. The third-order valence-corrected chi connectivity index (χ3v) is 2.51. The zero-order valence-corrected chi connectivity index (χ0v) is 7.77. The molecule has 1 aromatic rings. The van der Waals surface area contributed by atoms with Crippen LogP contribution < -0.4 is 0 Å². The largest absolute Gasteiger partial charge is 0.481 e. The van der Waals surface area contributed by atoms with Crippen molar-refractivity contribution in [3.05, 3.63) is 11.7 Å². The molecule has 1 heterocycles. The Morgan fingerprint density at radius 2 is 2.21 bits per heavy atom. The predicted octanol–water partition coefficient (Wildman–Crippen LogP) is 1.35. The van der Waals surface area contributed by atoms with E-state index in [1.807, 2.05) is 0 Å². The number of hydrogen-bond acceptors (Lipinski definition) is 4. The number of aliphatic carboxylic acids is 1. The maximum absolute atomic E-state index is 10.4. The highest BCUT2D eigenvalue weighted by Gasteiger charge is 2.22. The van der Waals surface area contributed by atoms with Crippen molar-refractivity contribution in [2.75, 3.05) is 0 Å². The zero-order valence-electron chi connectivity index (χ0n) is 7.77. The molecule has 1 aliphatic rings. The molecule has 1 N–H and O–H groups in total. The van der Waals surface area contributed by atoms with Crippen LogP contribution in [0.4, 0.5) is 0 Å². The number of rotatable bonds is 3. The average molecular weight is 196 g/mol. The van der Waals surface area contributed by atoms with Gasteiger partial charge in [0, 0.05) is 5.92 Å². The van der Waals surface area contributed by atoms with E-state index in [-0.39, 0.29) is 12.3 Å². The van der Waals surface area contributed by atoms with E-state index in [0.29, 0.717) is 11.7 Å². The third-order valence-electron chi connectivity index (χ3n) is 2.51. The zero-order chi connectivity index (χ0) is 9.97. The lowest BCUT2D eigenvalue weighted by Crippen LogP contribution is -2.01. The second-order valence-electron chi connectivity index (χ2n) is 3.60. The summed E-state index contributed by atoms with van der Waals surface area (Å²) >= 11 is 0. The van der Waals surface area contributed by atoms with Gasteiger partial charge in [-0.3, -0.25) is 4.79 Å². The van der Waals surface area contributed by atoms with Crippen LogP contribution in [0.25, 0.3) is 0 Å². The summed E-state index contributed by atoms with van der Waals surface area (Å²) in [6.07, 6.45) is 4.40. The smallest absolute Gasteiger partial charge is 0.312 e. The molecule has 1 saturated carbocycles. The van der Waals surface area contributed by atoms with E-state index in [4.69, 9.17) is 9.63 Å². The lowest BCUT2D eigenvalue weighted by molar-refractivity contribution is -0.136. The van der Waals surface area contributed by atoms with E-state index >= 15 is 0 Å². The SMILES string of the molecule is O=C(O)Cc1nc(C2CCCC2)no1. The maximum Gasteiger partial charge on any atom is 0.312 e. The summed E-state index contributed by atoms with van der Waals surface area (Å²) in [7, 11) is 0. The molecule has 5 nitrogen and oxygen atoms in total. The maximum atomic E-state index is 10.4. The van der Waals surface area contributed by atoms with Gasteiger partial charge in [0.2, 0.25) is 5.89 Å².